The molecular formula is C14H15N4O2P. The molecule has 3 rings (SSSR count). The number of para-hydroxylation sites is 1. The molecule has 1 unspecified atom stereocenters. The quantitative estimate of drug-likeness (QED) is 0.333. The molecule has 0 aliphatic carbocycles. The molecule has 2 aromatic rings. The molecule has 0 spiro atoms. The van der Waals surface area contributed by atoms with Gasteiger partial charge >= 0.3 is 7.37 Å². The third kappa shape index (κ3) is 1.96. The second-order valence-corrected chi connectivity index (χ2v) is 7.20. The number of hydrogen-bond acceptors (Lipinski definition) is 5. The molecule has 2 aromatic carbocycles. The van der Waals surface area contributed by atoms with E-state index in [4.69, 9.17) is 21.7 Å². The van der Waals surface area contributed by atoms with Crippen molar-refractivity contribution in [3.8, 4) is 16.9 Å². The maximum atomic E-state index is 13.4. The molecule has 0 amide bonds. The zero-order valence-electron chi connectivity index (χ0n) is 11.1. The lowest BCUT2D eigenvalue weighted by molar-refractivity contribution is 0.444. The van der Waals surface area contributed by atoms with Crippen LogP contribution in [0.3, 0.4) is 0 Å². The number of nitrogens with zero attached hydrogens (tertiary/aromatic N) is 1. The molecule has 6 N–H and O–H groups in total. The molecule has 0 saturated heterocycles. The third-order valence-electron chi connectivity index (χ3n) is 3.38. The number of fused-ring (bicyclic) bond motifs is 3. The van der Waals surface area contributed by atoms with Gasteiger partial charge in [-0.15, -0.1) is 0 Å². The van der Waals surface area contributed by atoms with Gasteiger partial charge in [-0.05, 0) is 17.7 Å². The number of aliphatic imine (C=N–C) groups is 1. The van der Waals surface area contributed by atoms with E-state index < -0.39 is 12.9 Å². The van der Waals surface area contributed by atoms with Gasteiger partial charge in [0.25, 0.3) is 5.53 Å². The fourth-order valence-electron chi connectivity index (χ4n) is 2.38. The minimum atomic E-state index is -3.68. The smallest absolute Gasteiger partial charge is 0.333 e. The largest absolute Gasteiger partial charge is 0.436 e. The summed E-state index contributed by atoms with van der Waals surface area (Å²) in [7, 11) is -3.68. The zero-order chi connectivity index (χ0) is 15.1. The second kappa shape index (κ2) is 4.70. The molecule has 0 aromatic heterocycles. The van der Waals surface area contributed by atoms with Gasteiger partial charge < -0.3 is 10.3 Å². The van der Waals surface area contributed by atoms with Crippen molar-refractivity contribution in [3.05, 3.63) is 48.5 Å². The highest BCUT2D eigenvalue weighted by atomic mass is 31.2. The SMILES string of the molecule is N/C=N/C(N)(N)P1(=O)Oc2ccccc2-c2ccccc21. The molecule has 0 radical (unpaired) electrons. The van der Waals surface area contributed by atoms with E-state index in [9.17, 15) is 4.57 Å². The zero-order valence-corrected chi connectivity index (χ0v) is 12.0. The Labute approximate surface area is 122 Å². The summed E-state index contributed by atoms with van der Waals surface area (Å²) in [6, 6.07) is 14.4. The molecule has 108 valence electrons. The van der Waals surface area contributed by atoms with Crippen LogP contribution in [-0.4, -0.2) is 11.9 Å². The van der Waals surface area contributed by atoms with Crippen LogP contribution in [0.2, 0.25) is 0 Å². The van der Waals surface area contributed by atoms with E-state index in [2.05, 4.69) is 4.99 Å². The maximum absolute atomic E-state index is 13.4. The molecule has 0 saturated carbocycles. The molecule has 1 aliphatic heterocycles. The monoisotopic (exact) mass is 302 g/mol. The average Bonchev–Trinajstić information content (AvgIpc) is 2.47. The number of hydrogen-bond donors (Lipinski definition) is 3. The summed E-state index contributed by atoms with van der Waals surface area (Å²) < 4.78 is 19.1. The lowest BCUT2D eigenvalue weighted by Crippen LogP contribution is -2.52. The Morgan fingerprint density at radius 1 is 1.05 bits per heavy atom. The lowest BCUT2D eigenvalue weighted by atomic mass is 10.0. The average molecular weight is 302 g/mol. The van der Waals surface area contributed by atoms with Crippen LogP contribution in [0.5, 0.6) is 5.75 Å². The first-order valence-electron chi connectivity index (χ1n) is 6.31. The van der Waals surface area contributed by atoms with Gasteiger partial charge in [-0.3, -0.25) is 16.0 Å². The van der Waals surface area contributed by atoms with E-state index in [0.29, 0.717) is 11.1 Å². The lowest BCUT2D eigenvalue weighted by Gasteiger charge is -2.35. The standard InChI is InChI=1S/C14H15N4O2P/c15-9-18-14(16,17)21(19)13-8-4-2-6-11(13)10-5-1-3-7-12(10)20-21/h1-9H,16-17H2,(H2,15,18). The molecule has 0 bridgehead atoms. The normalized spacial score (nSPS) is 20.7. The Morgan fingerprint density at radius 3 is 2.38 bits per heavy atom. The first kappa shape index (κ1) is 13.8. The number of nitrogens with two attached hydrogens (primary N) is 3. The molecule has 1 aliphatic rings. The first-order valence-corrected chi connectivity index (χ1v) is 7.94. The molecule has 7 heteroatoms. The van der Waals surface area contributed by atoms with Crippen LogP contribution in [0, 0.1) is 0 Å². The summed E-state index contributed by atoms with van der Waals surface area (Å²) in [6.45, 7) is 0. The topological polar surface area (TPSA) is 117 Å². The van der Waals surface area contributed by atoms with Crippen molar-refractivity contribution in [1.29, 1.82) is 0 Å². The molecular weight excluding hydrogens is 287 g/mol. The predicted molar refractivity (Wildman–Crippen MR) is 83.5 cm³/mol. The van der Waals surface area contributed by atoms with Gasteiger partial charge in [-0.1, -0.05) is 36.4 Å². The minimum Gasteiger partial charge on any atom is -0.436 e. The molecule has 6 nitrogen and oxygen atoms in total. The third-order valence-corrected chi connectivity index (χ3v) is 5.91. The van der Waals surface area contributed by atoms with Crippen molar-refractivity contribution in [2.24, 2.45) is 22.2 Å². The van der Waals surface area contributed by atoms with Crippen molar-refractivity contribution < 1.29 is 9.09 Å². The van der Waals surface area contributed by atoms with Gasteiger partial charge in [-0.25, -0.2) is 4.99 Å². The fraction of sp³-hybridized carbons (Fsp3) is 0.0714. The van der Waals surface area contributed by atoms with E-state index >= 15 is 0 Å². The Balaban J connectivity index is 2.31. The highest BCUT2D eigenvalue weighted by Gasteiger charge is 2.50. The predicted octanol–water partition coefficient (Wildman–Crippen LogP) is 1.17. The number of rotatable bonds is 2. The summed E-state index contributed by atoms with van der Waals surface area (Å²) in [5.74, 6) is 0.465. The van der Waals surface area contributed by atoms with Crippen LogP contribution in [0.4, 0.5) is 0 Å². The summed E-state index contributed by atoms with van der Waals surface area (Å²) in [6.07, 6.45) is 0.937. The maximum Gasteiger partial charge on any atom is 0.333 e. The minimum absolute atomic E-state index is 0.444. The van der Waals surface area contributed by atoms with Crippen molar-refractivity contribution in [2.45, 2.75) is 5.53 Å². The van der Waals surface area contributed by atoms with Crippen LogP contribution in [0.1, 0.15) is 0 Å². The molecule has 1 heterocycles. The molecule has 1 atom stereocenters. The highest BCUT2D eigenvalue weighted by molar-refractivity contribution is 7.69. The summed E-state index contributed by atoms with van der Waals surface area (Å²) >= 11 is 0. The van der Waals surface area contributed by atoms with Crippen LogP contribution < -0.4 is 27.0 Å². The first-order chi connectivity index (χ1) is 9.99. The van der Waals surface area contributed by atoms with E-state index in [-0.39, 0.29) is 0 Å². The van der Waals surface area contributed by atoms with Crippen molar-refractivity contribution in [3.63, 3.8) is 0 Å². The summed E-state index contributed by atoms with van der Waals surface area (Å²) in [5.41, 5.74) is 16.8. The van der Waals surface area contributed by atoms with E-state index in [1.807, 2.05) is 24.3 Å². The van der Waals surface area contributed by atoms with Crippen LogP contribution in [-0.2, 0) is 4.57 Å². The second-order valence-electron chi connectivity index (χ2n) is 4.72. The van der Waals surface area contributed by atoms with Crippen molar-refractivity contribution in [2.75, 3.05) is 0 Å². The van der Waals surface area contributed by atoms with Gasteiger partial charge in [-0.2, -0.15) is 0 Å². The summed E-state index contributed by atoms with van der Waals surface area (Å²) in [4.78, 5) is 3.74. The van der Waals surface area contributed by atoms with Gasteiger partial charge in [0.1, 0.15) is 5.75 Å². The van der Waals surface area contributed by atoms with Gasteiger partial charge in [0.2, 0.25) is 0 Å². The van der Waals surface area contributed by atoms with Crippen molar-refractivity contribution in [1.82, 2.24) is 0 Å². The Morgan fingerprint density at radius 2 is 1.67 bits per heavy atom. The number of benzene rings is 2. The van der Waals surface area contributed by atoms with E-state index in [1.54, 1.807) is 24.3 Å². The molecule has 0 fully saturated rings. The fourth-order valence-corrected chi connectivity index (χ4v) is 4.46. The van der Waals surface area contributed by atoms with Gasteiger partial charge in [0.15, 0.2) is 0 Å². The van der Waals surface area contributed by atoms with Crippen LogP contribution in [0.25, 0.3) is 11.1 Å². The van der Waals surface area contributed by atoms with Crippen LogP contribution >= 0.6 is 7.37 Å². The van der Waals surface area contributed by atoms with Crippen molar-refractivity contribution >= 4 is 19.0 Å². The molecule has 21 heavy (non-hydrogen) atoms. The van der Waals surface area contributed by atoms with E-state index in [0.717, 1.165) is 17.5 Å². The van der Waals surface area contributed by atoms with Gasteiger partial charge in [0.05, 0.1) is 11.6 Å². The Kier molecular flexibility index (Phi) is 3.10. The van der Waals surface area contributed by atoms with E-state index in [1.165, 1.54) is 0 Å². The van der Waals surface area contributed by atoms with Gasteiger partial charge in [0, 0.05) is 5.56 Å². The Hall–Kier alpha value is -2.14. The Bertz CT molecular complexity index is 773. The van der Waals surface area contributed by atoms with Crippen LogP contribution in [0.15, 0.2) is 53.5 Å². The highest BCUT2D eigenvalue weighted by Crippen LogP contribution is 2.59. The summed E-state index contributed by atoms with van der Waals surface area (Å²) in [5, 5.41) is 0.444.